The number of nitrogens with zero attached hydrogens (tertiary/aromatic N) is 2. The van der Waals surface area contributed by atoms with Crippen LogP contribution >= 0.6 is 0 Å². The molecular weight excluding hydrogens is 280 g/mol. The average Bonchev–Trinajstić information content (AvgIpc) is 3.06. The van der Waals surface area contributed by atoms with Crippen LogP contribution in [0.25, 0.3) is 0 Å². The van der Waals surface area contributed by atoms with E-state index in [9.17, 15) is 4.79 Å². The molecular formula is C17H26N2O3. The number of oxazole rings is 1. The van der Waals surface area contributed by atoms with Gasteiger partial charge in [0.2, 0.25) is 0 Å². The van der Waals surface area contributed by atoms with Crippen LogP contribution in [0, 0.1) is 0 Å². The molecule has 1 amide bonds. The zero-order valence-corrected chi connectivity index (χ0v) is 13.4. The molecule has 0 aromatic carbocycles. The molecule has 5 nitrogen and oxygen atoms in total. The molecule has 1 aromatic rings. The van der Waals surface area contributed by atoms with Gasteiger partial charge in [0.1, 0.15) is 6.26 Å². The maximum absolute atomic E-state index is 12.8. The molecule has 1 unspecified atom stereocenters. The number of hydrogen-bond donors (Lipinski definition) is 0. The Morgan fingerprint density at radius 2 is 2.14 bits per heavy atom. The molecule has 0 bridgehead atoms. The number of hydrogen-bond acceptors (Lipinski definition) is 4. The minimum atomic E-state index is 0.0419. The van der Waals surface area contributed by atoms with E-state index in [2.05, 4.69) is 11.9 Å². The molecule has 2 aliphatic rings. The summed E-state index contributed by atoms with van der Waals surface area (Å²) in [4.78, 5) is 19.3. The molecule has 22 heavy (non-hydrogen) atoms. The highest BCUT2D eigenvalue weighted by molar-refractivity contribution is 5.92. The third-order valence-corrected chi connectivity index (χ3v) is 4.82. The van der Waals surface area contributed by atoms with Crippen LogP contribution in [0.5, 0.6) is 0 Å². The Balaban J connectivity index is 1.69. The lowest BCUT2D eigenvalue weighted by molar-refractivity contribution is 0.0594. The number of amides is 1. The van der Waals surface area contributed by atoms with Gasteiger partial charge in [0.05, 0.1) is 0 Å². The first-order valence-corrected chi connectivity index (χ1v) is 8.63. The third kappa shape index (κ3) is 3.35. The number of ether oxygens (including phenoxy) is 1. The zero-order chi connectivity index (χ0) is 15.4. The average molecular weight is 306 g/mol. The second kappa shape index (κ2) is 7.27. The Kier molecular flexibility index (Phi) is 5.13. The van der Waals surface area contributed by atoms with Crippen molar-refractivity contribution in [2.45, 2.75) is 63.8 Å². The lowest BCUT2D eigenvalue weighted by atomic mass is 9.98. The Bertz CT molecular complexity index is 492. The maximum Gasteiger partial charge on any atom is 0.276 e. The van der Waals surface area contributed by atoms with E-state index in [4.69, 9.17) is 9.15 Å². The van der Waals surface area contributed by atoms with Gasteiger partial charge in [-0.15, -0.1) is 0 Å². The van der Waals surface area contributed by atoms with E-state index in [1.807, 2.05) is 4.90 Å². The fraction of sp³-hybridized carbons (Fsp3) is 0.765. The van der Waals surface area contributed by atoms with Gasteiger partial charge < -0.3 is 14.1 Å². The summed E-state index contributed by atoms with van der Waals surface area (Å²) in [5.41, 5.74) is 0.476. The topological polar surface area (TPSA) is 55.6 Å². The van der Waals surface area contributed by atoms with E-state index in [0.29, 0.717) is 23.5 Å². The minimum Gasteiger partial charge on any atom is -0.448 e. The van der Waals surface area contributed by atoms with Crippen molar-refractivity contribution in [1.82, 2.24) is 9.88 Å². The van der Waals surface area contributed by atoms with Gasteiger partial charge in [0.25, 0.3) is 5.91 Å². The van der Waals surface area contributed by atoms with Crippen molar-refractivity contribution in [2.75, 3.05) is 19.8 Å². The number of carbonyl (C=O) groups is 1. The summed E-state index contributed by atoms with van der Waals surface area (Å²) in [5, 5.41) is 0. The summed E-state index contributed by atoms with van der Waals surface area (Å²) >= 11 is 0. The van der Waals surface area contributed by atoms with E-state index in [1.165, 1.54) is 6.42 Å². The van der Waals surface area contributed by atoms with Crippen LogP contribution in [0.1, 0.15) is 74.2 Å². The first-order chi connectivity index (χ1) is 10.8. The third-order valence-electron chi connectivity index (χ3n) is 4.82. The van der Waals surface area contributed by atoms with Crippen molar-refractivity contribution in [2.24, 2.45) is 0 Å². The van der Waals surface area contributed by atoms with Gasteiger partial charge in [-0.25, -0.2) is 4.98 Å². The predicted octanol–water partition coefficient (Wildman–Crippen LogP) is 3.36. The summed E-state index contributed by atoms with van der Waals surface area (Å²) in [6.45, 7) is 4.53. The van der Waals surface area contributed by atoms with Crippen molar-refractivity contribution >= 4 is 5.91 Å². The van der Waals surface area contributed by atoms with Crippen LogP contribution in [-0.4, -0.2) is 41.6 Å². The highest BCUT2D eigenvalue weighted by atomic mass is 16.5. The fourth-order valence-corrected chi connectivity index (χ4v) is 3.57. The van der Waals surface area contributed by atoms with E-state index < -0.39 is 0 Å². The molecule has 2 fully saturated rings. The van der Waals surface area contributed by atoms with Crippen LogP contribution in [0.15, 0.2) is 10.7 Å². The SMILES string of the molecule is CCCC1CCCCN1C(=O)c1coc(C2CCOCC2)n1. The number of likely N-dealkylation sites (tertiary alicyclic amines) is 1. The van der Waals surface area contributed by atoms with Gasteiger partial charge in [-0.05, 0) is 38.5 Å². The van der Waals surface area contributed by atoms with Crippen LogP contribution in [0.2, 0.25) is 0 Å². The normalized spacial score (nSPS) is 23.7. The van der Waals surface area contributed by atoms with Crippen molar-refractivity contribution in [1.29, 1.82) is 0 Å². The van der Waals surface area contributed by atoms with Gasteiger partial charge in [0.15, 0.2) is 11.6 Å². The summed E-state index contributed by atoms with van der Waals surface area (Å²) in [5.74, 6) is 1.04. The molecule has 0 spiro atoms. The van der Waals surface area contributed by atoms with Crippen LogP contribution in [0.3, 0.4) is 0 Å². The maximum atomic E-state index is 12.8. The molecule has 0 saturated carbocycles. The van der Waals surface area contributed by atoms with Crippen LogP contribution in [-0.2, 0) is 4.74 Å². The molecule has 122 valence electrons. The molecule has 2 aliphatic heterocycles. The Morgan fingerprint density at radius 1 is 1.32 bits per heavy atom. The Morgan fingerprint density at radius 3 is 2.91 bits per heavy atom. The summed E-state index contributed by atoms with van der Waals surface area (Å²) in [6.07, 6.45) is 9.02. The fourth-order valence-electron chi connectivity index (χ4n) is 3.57. The molecule has 3 rings (SSSR count). The molecule has 0 radical (unpaired) electrons. The van der Waals surface area contributed by atoms with E-state index in [0.717, 1.165) is 58.3 Å². The zero-order valence-electron chi connectivity index (χ0n) is 13.4. The second-order valence-corrected chi connectivity index (χ2v) is 6.39. The molecule has 1 aromatic heterocycles. The monoisotopic (exact) mass is 306 g/mol. The lowest BCUT2D eigenvalue weighted by Gasteiger charge is -2.35. The quantitative estimate of drug-likeness (QED) is 0.856. The van der Waals surface area contributed by atoms with Gasteiger partial charge in [-0.2, -0.15) is 0 Å². The second-order valence-electron chi connectivity index (χ2n) is 6.39. The smallest absolute Gasteiger partial charge is 0.276 e. The number of carbonyl (C=O) groups excluding carboxylic acids is 1. The minimum absolute atomic E-state index is 0.0419. The summed E-state index contributed by atoms with van der Waals surface area (Å²) in [6, 6.07) is 0.370. The molecule has 1 atom stereocenters. The Hall–Kier alpha value is -1.36. The van der Waals surface area contributed by atoms with Crippen LogP contribution in [0.4, 0.5) is 0 Å². The first kappa shape index (κ1) is 15.5. The number of piperidine rings is 1. The van der Waals surface area contributed by atoms with Crippen molar-refractivity contribution in [3.8, 4) is 0 Å². The van der Waals surface area contributed by atoms with E-state index in [-0.39, 0.29) is 5.91 Å². The van der Waals surface area contributed by atoms with Crippen LogP contribution < -0.4 is 0 Å². The van der Waals surface area contributed by atoms with Gasteiger partial charge >= 0.3 is 0 Å². The van der Waals surface area contributed by atoms with E-state index in [1.54, 1.807) is 6.26 Å². The first-order valence-electron chi connectivity index (χ1n) is 8.63. The molecule has 0 aliphatic carbocycles. The molecule has 2 saturated heterocycles. The summed E-state index contributed by atoms with van der Waals surface area (Å²) in [7, 11) is 0. The van der Waals surface area contributed by atoms with Crippen molar-refractivity contribution in [3.63, 3.8) is 0 Å². The molecule has 0 N–H and O–H groups in total. The largest absolute Gasteiger partial charge is 0.448 e. The standard InChI is InChI=1S/C17H26N2O3/c1-2-5-14-6-3-4-9-19(14)17(20)15-12-22-16(18-15)13-7-10-21-11-8-13/h12-14H,2-11H2,1H3. The van der Waals surface area contributed by atoms with Crippen molar-refractivity contribution < 1.29 is 13.9 Å². The number of aromatic nitrogens is 1. The number of rotatable bonds is 4. The van der Waals surface area contributed by atoms with Gasteiger partial charge in [-0.1, -0.05) is 13.3 Å². The predicted molar refractivity (Wildman–Crippen MR) is 82.9 cm³/mol. The molecule has 3 heterocycles. The molecule has 5 heteroatoms. The lowest BCUT2D eigenvalue weighted by Crippen LogP contribution is -2.43. The van der Waals surface area contributed by atoms with Gasteiger partial charge in [0, 0.05) is 31.7 Å². The van der Waals surface area contributed by atoms with Gasteiger partial charge in [-0.3, -0.25) is 4.79 Å². The highest BCUT2D eigenvalue weighted by Gasteiger charge is 2.29. The summed E-state index contributed by atoms with van der Waals surface area (Å²) < 4.78 is 11.0. The highest BCUT2D eigenvalue weighted by Crippen LogP contribution is 2.27. The van der Waals surface area contributed by atoms with E-state index >= 15 is 0 Å². The Labute approximate surface area is 132 Å². The van der Waals surface area contributed by atoms with Crippen molar-refractivity contribution in [3.05, 3.63) is 17.8 Å².